The second-order valence-corrected chi connectivity index (χ2v) is 7.86. The molecule has 0 N–H and O–H groups in total. The van der Waals surface area contributed by atoms with Gasteiger partial charge in [-0.1, -0.05) is 11.6 Å². The molecule has 2 atom stereocenters. The Morgan fingerprint density at radius 2 is 2.23 bits per heavy atom. The Hall–Kier alpha value is -1.30. The average molecular weight is 381 g/mol. The van der Waals surface area contributed by atoms with Gasteiger partial charge in [0.15, 0.2) is 0 Å². The monoisotopic (exact) mass is 380 g/mol. The molecule has 1 saturated heterocycles. The van der Waals surface area contributed by atoms with Crippen LogP contribution in [0.1, 0.15) is 38.2 Å². The van der Waals surface area contributed by atoms with E-state index in [0.29, 0.717) is 24.5 Å². The number of carbonyl (C=O) groups is 1. The van der Waals surface area contributed by atoms with Gasteiger partial charge in [0.05, 0.1) is 6.10 Å². The van der Waals surface area contributed by atoms with Crippen LogP contribution in [0.3, 0.4) is 0 Å². The van der Waals surface area contributed by atoms with E-state index in [1.807, 2.05) is 30.1 Å². The van der Waals surface area contributed by atoms with Crippen LogP contribution in [0.25, 0.3) is 0 Å². The molecule has 1 amide bonds. The first-order valence-corrected chi connectivity index (χ1v) is 9.92. The number of hydrogen-bond acceptors (Lipinski definition) is 4. The van der Waals surface area contributed by atoms with Gasteiger partial charge in [-0.05, 0) is 44.4 Å². The number of halogens is 1. The zero-order valence-electron chi connectivity index (χ0n) is 15.7. The molecular formula is C20H29ClN2O3. The third-order valence-electron chi connectivity index (χ3n) is 5.08. The Labute approximate surface area is 161 Å². The second kappa shape index (κ2) is 9.07. The van der Waals surface area contributed by atoms with Crippen molar-refractivity contribution < 1.29 is 14.3 Å². The summed E-state index contributed by atoms with van der Waals surface area (Å²) in [4.78, 5) is 16.6. The van der Waals surface area contributed by atoms with Crippen LogP contribution in [0.15, 0.2) is 18.2 Å². The van der Waals surface area contributed by atoms with Crippen LogP contribution in [0.2, 0.25) is 5.02 Å². The van der Waals surface area contributed by atoms with Crippen LogP contribution in [-0.4, -0.2) is 61.2 Å². The highest BCUT2D eigenvalue weighted by molar-refractivity contribution is 6.30. The van der Waals surface area contributed by atoms with E-state index in [0.717, 1.165) is 43.9 Å². The first-order valence-electron chi connectivity index (χ1n) is 9.54. The maximum absolute atomic E-state index is 12.5. The smallest absolute Gasteiger partial charge is 0.223 e. The van der Waals surface area contributed by atoms with Crippen molar-refractivity contribution in [2.24, 2.45) is 0 Å². The number of likely N-dealkylation sites (N-methyl/N-ethyl adjacent to an activating group) is 1. The van der Waals surface area contributed by atoms with Gasteiger partial charge in [0.25, 0.3) is 0 Å². The first-order chi connectivity index (χ1) is 12.5. The Balaban J connectivity index is 1.52. The minimum absolute atomic E-state index is 0.0842. The summed E-state index contributed by atoms with van der Waals surface area (Å²) in [7, 11) is 1.88. The van der Waals surface area contributed by atoms with Crippen molar-refractivity contribution in [1.82, 2.24) is 9.80 Å². The van der Waals surface area contributed by atoms with Crippen molar-refractivity contribution in [1.29, 1.82) is 0 Å². The molecule has 1 aromatic rings. The SMILES string of the molecule is C[C@H]1CN(CCC(=O)N(C)C[C@@H]2CCCCO2)Cc2cc(Cl)ccc2O1. The summed E-state index contributed by atoms with van der Waals surface area (Å²) in [6.45, 7) is 5.84. The predicted octanol–water partition coefficient (Wildman–Crippen LogP) is 3.34. The van der Waals surface area contributed by atoms with Crippen molar-refractivity contribution >= 4 is 17.5 Å². The molecule has 0 spiro atoms. The van der Waals surface area contributed by atoms with Gasteiger partial charge in [-0.3, -0.25) is 9.69 Å². The van der Waals surface area contributed by atoms with Gasteiger partial charge in [-0.15, -0.1) is 0 Å². The number of rotatable bonds is 5. The first kappa shape index (κ1) is 19.5. The minimum atomic E-state index is 0.0842. The van der Waals surface area contributed by atoms with Gasteiger partial charge >= 0.3 is 0 Å². The lowest BCUT2D eigenvalue weighted by atomic mass is 10.1. The molecule has 1 fully saturated rings. The summed E-state index contributed by atoms with van der Waals surface area (Å²) in [6.07, 6.45) is 4.16. The zero-order chi connectivity index (χ0) is 18.5. The molecule has 2 heterocycles. The summed E-state index contributed by atoms with van der Waals surface area (Å²) in [5.74, 6) is 1.06. The van der Waals surface area contributed by atoms with E-state index in [2.05, 4.69) is 11.8 Å². The van der Waals surface area contributed by atoms with Crippen molar-refractivity contribution in [3.63, 3.8) is 0 Å². The second-order valence-electron chi connectivity index (χ2n) is 7.43. The molecule has 2 aliphatic rings. The third kappa shape index (κ3) is 5.35. The van der Waals surface area contributed by atoms with Crippen molar-refractivity contribution in [2.45, 2.75) is 51.4 Å². The van der Waals surface area contributed by atoms with Gasteiger partial charge in [-0.2, -0.15) is 0 Å². The molecule has 0 unspecified atom stereocenters. The van der Waals surface area contributed by atoms with Gasteiger partial charge in [0.2, 0.25) is 5.91 Å². The molecule has 2 aliphatic heterocycles. The molecule has 0 bridgehead atoms. The van der Waals surface area contributed by atoms with Crippen LogP contribution in [0, 0.1) is 0 Å². The highest BCUT2D eigenvalue weighted by Crippen LogP contribution is 2.28. The van der Waals surface area contributed by atoms with E-state index < -0.39 is 0 Å². The third-order valence-corrected chi connectivity index (χ3v) is 5.31. The molecule has 26 heavy (non-hydrogen) atoms. The maximum atomic E-state index is 12.5. The summed E-state index contributed by atoms with van der Waals surface area (Å²) < 4.78 is 11.7. The minimum Gasteiger partial charge on any atom is -0.489 e. The molecular weight excluding hydrogens is 352 g/mol. The van der Waals surface area contributed by atoms with Crippen LogP contribution < -0.4 is 4.74 Å². The van der Waals surface area contributed by atoms with Crippen LogP contribution >= 0.6 is 11.6 Å². The number of nitrogens with zero attached hydrogens (tertiary/aromatic N) is 2. The number of amides is 1. The van der Waals surface area contributed by atoms with E-state index in [1.54, 1.807) is 0 Å². The highest BCUT2D eigenvalue weighted by atomic mass is 35.5. The predicted molar refractivity (Wildman–Crippen MR) is 103 cm³/mol. The average Bonchev–Trinajstić information content (AvgIpc) is 2.77. The summed E-state index contributed by atoms with van der Waals surface area (Å²) in [6, 6.07) is 5.74. The molecule has 144 valence electrons. The van der Waals surface area contributed by atoms with E-state index in [1.165, 1.54) is 6.42 Å². The van der Waals surface area contributed by atoms with Gasteiger partial charge in [0, 0.05) is 56.8 Å². The van der Waals surface area contributed by atoms with Crippen LogP contribution in [-0.2, 0) is 16.1 Å². The number of benzene rings is 1. The molecule has 5 nitrogen and oxygen atoms in total. The van der Waals surface area contributed by atoms with Crippen LogP contribution in [0.4, 0.5) is 0 Å². The van der Waals surface area contributed by atoms with Crippen molar-refractivity contribution in [3.05, 3.63) is 28.8 Å². The Kier molecular flexibility index (Phi) is 6.79. The lowest BCUT2D eigenvalue weighted by molar-refractivity contribution is -0.132. The molecule has 1 aromatic carbocycles. The lowest BCUT2D eigenvalue weighted by Crippen LogP contribution is -2.39. The summed E-state index contributed by atoms with van der Waals surface area (Å²) in [5, 5.41) is 0.713. The number of fused-ring (bicyclic) bond motifs is 1. The normalized spacial score (nSPS) is 23.7. The maximum Gasteiger partial charge on any atom is 0.223 e. The van der Waals surface area contributed by atoms with E-state index in [4.69, 9.17) is 21.1 Å². The van der Waals surface area contributed by atoms with Gasteiger partial charge in [0.1, 0.15) is 11.9 Å². The molecule has 0 saturated carbocycles. The molecule has 6 heteroatoms. The van der Waals surface area contributed by atoms with E-state index in [9.17, 15) is 4.79 Å². The van der Waals surface area contributed by atoms with Gasteiger partial charge in [-0.25, -0.2) is 0 Å². The molecule has 0 aromatic heterocycles. The fraction of sp³-hybridized carbons (Fsp3) is 0.650. The van der Waals surface area contributed by atoms with Crippen LogP contribution in [0.5, 0.6) is 5.75 Å². The zero-order valence-corrected chi connectivity index (χ0v) is 16.5. The van der Waals surface area contributed by atoms with Crippen molar-refractivity contribution in [2.75, 3.05) is 33.3 Å². The van der Waals surface area contributed by atoms with Crippen molar-refractivity contribution in [3.8, 4) is 5.75 Å². The molecule has 0 aliphatic carbocycles. The number of ether oxygens (including phenoxy) is 2. The molecule has 3 rings (SSSR count). The number of hydrogen-bond donors (Lipinski definition) is 0. The fourth-order valence-electron chi connectivity index (χ4n) is 3.68. The van der Waals surface area contributed by atoms with E-state index >= 15 is 0 Å². The standard InChI is InChI=1S/C20H29ClN2O3/c1-15-12-23(13-16-11-17(21)6-7-19(16)26-15)9-8-20(24)22(2)14-18-5-3-4-10-25-18/h6-7,11,15,18H,3-5,8-10,12-14H2,1-2H3/t15-,18-/m0/s1. The topological polar surface area (TPSA) is 42.0 Å². The molecule has 0 radical (unpaired) electrons. The quantitative estimate of drug-likeness (QED) is 0.785. The fourth-order valence-corrected chi connectivity index (χ4v) is 3.88. The Morgan fingerprint density at radius 3 is 3.00 bits per heavy atom. The van der Waals surface area contributed by atoms with E-state index in [-0.39, 0.29) is 18.1 Å². The highest BCUT2D eigenvalue weighted by Gasteiger charge is 2.23. The largest absolute Gasteiger partial charge is 0.489 e. The Bertz CT molecular complexity index is 619. The summed E-state index contributed by atoms with van der Waals surface area (Å²) in [5.41, 5.74) is 1.08. The number of carbonyl (C=O) groups excluding carboxylic acids is 1. The summed E-state index contributed by atoms with van der Waals surface area (Å²) >= 11 is 6.13. The Morgan fingerprint density at radius 1 is 1.38 bits per heavy atom. The van der Waals surface area contributed by atoms with Gasteiger partial charge < -0.3 is 14.4 Å². The lowest BCUT2D eigenvalue weighted by Gasteiger charge is -2.28.